The van der Waals surface area contributed by atoms with Crippen LogP contribution in [-0.2, 0) is 0 Å². The first-order valence-corrected chi connectivity index (χ1v) is 5.66. The Morgan fingerprint density at radius 3 is 2.37 bits per heavy atom. The number of phenols is 1. The summed E-state index contributed by atoms with van der Waals surface area (Å²) >= 11 is 0. The molecule has 5 heteroatoms. The number of carbonyl (C=O) groups is 2. The second kappa shape index (κ2) is 3.84. The maximum atomic E-state index is 12.3. The summed E-state index contributed by atoms with van der Waals surface area (Å²) in [5, 5.41) is 9.78. The lowest BCUT2D eigenvalue weighted by Gasteiger charge is -2.14. The molecule has 5 nitrogen and oxygen atoms in total. The van der Waals surface area contributed by atoms with Crippen LogP contribution in [0.15, 0.2) is 42.5 Å². The number of para-hydroxylation sites is 2. The summed E-state index contributed by atoms with van der Waals surface area (Å²) in [7, 11) is 0. The van der Waals surface area contributed by atoms with Crippen molar-refractivity contribution in [1.82, 2.24) is 0 Å². The second-order valence-corrected chi connectivity index (χ2v) is 4.20. The van der Waals surface area contributed by atoms with E-state index < -0.39 is 11.8 Å². The van der Waals surface area contributed by atoms with Gasteiger partial charge in [0, 0.05) is 5.69 Å². The zero-order valence-corrected chi connectivity index (χ0v) is 9.83. The molecule has 2 amide bonds. The Hall–Kier alpha value is -2.82. The average Bonchev–Trinajstić information content (AvgIpc) is 2.64. The molecule has 2 aromatic carbocycles. The highest BCUT2D eigenvalue weighted by atomic mass is 16.3. The molecule has 2 aromatic rings. The van der Waals surface area contributed by atoms with Crippen molar-refractivity contribution in [2.45, 2.75) is 0 Å². The van der Waals surface area contributed by atoms with Crippen molar-refractivity contribution in [3.63, 3.8) is 0 Å². The standard InChI is InChI=1S/C14H10N2O3/c15-9-5-3-4-8-12(9)14(19)16(13(8)18)10-6-1-2-7-11(10)17/h1-7,17H,15H2. The van der Waals surface area contributed by atoms with Gasteiger partial charge in [-0.25, -0.2) is 4.90 Å². The minimum Gasteiger partial charge on any atom is -0.506 e. The van der Waals surface area contributed by atoms with Gasteiger partial charge in [0.15, 0.2) is 0 Å². The first-order chi connectivity index (χ1) is 9.11. The van der Waals surface area contributed by atoms with Crippen LogP contribution in [0.25, 0.3) is 0 Å². The van der Waals surface area contributed by atoms with Gasteiger partial charge >= 0.3 is 0 Å². The summed E-state index contributed by atoms with van der Waals surface area (Å²) < 4.78 is 0. The summed E-state index contributed by atoms with van der Waals surface area (Å²) in [5.74, 6) is -1.12. The Morgan fingerprint density at radius 1 is 0.947 bits per heavy atom. The van der Waals surface area contributed by atoms with Crippen molar-refractivity contribution in [3.05, 3.63) is 53.6 Å². The summed E-state index contributed by atoms with van der Waals surface area (Å²) in [6.45, 7) is 0. The van der Waals surface area contributed by atoms with E-state index in [0.29, 0.717) is 0 Å². The van der Waals surface area contributed by atoms with Gasteiger partial charge in [0.2, 0.25) is 0 Å². The average molecular weight is 254 g/mol. The van der Waals surface area contributed by atoms with Gasteiger partial charge in [-0.05, 0) is 24.3 Å². The number of carbonyl (C=O) groups excluding carboxylic acids is 2. The zero-order valence-electron chi connectivity index (χ0n) is 9.83. The third-order valence-electron chi connectivity index (χ3n) is 3.07. The Morgan fingerprint density at radius 2 is 1.68 bits per heavy atom. The molecule has 0 saturated heterocycles. The smallest absolute Gasteiger partial charge is 0.268 e. The molecule has 3 rings (SSSR count). The van der Waals surface area contributed by atoms with Gasteiger partial charge in [-0.2, -0.15) is 0 Å². The van der Waals surface area contributed by atoms with Gasteiger partial charge in [0.05, 0.1) is 16.8 Å². The van der Waals surface area contributed by atoms with Crippen LogP contribution in [-0.4, -0.2) is 16.9 Å². The highest BCUT2D eigenvalue weighted by Gasteiger charge is 2.38. The van der Waals surface area contributed by atoms with E-state index in [9.17, 15) is 14.7 Å². The number of imide groups is 1. The number of nitrogens with two attached hydrogens (primary N) is 1. The highest BCUT2D eigenvalue weighted by molar-refractivity contribution is 6.36. The molecule has 0 fully saturated rings. The third-order valence-corrected chi connectivity index (χ3v) is 3.07. The molecule has 0 aliphatic carbocycles. The molecule has 94 valence electrons. The van der Waals surface area contributed by atoms with Crippen LogP contribution >= 0.6 is 0 Å². The number of hydrogen-bond donors (Lipinski definition) is 2. The van der Waals surface area contributed by atoms with E-state index in [0.717, 1.165) is 4.90 Å². The minimum absolute atomic E-state index is 0.129. The largest absolute Gasteiger partial charge is 0.506 e. The van der Waals surface area contributed by atoms with Gasteiger partial charge in [0.25, 0.3) is 11.8 Å². The van der Waals surface area contributed by atoms with Gasteiger partial charge in [-0.3, -0.25) is 9.59 Å². The lowest BCUT2D eigenvalue weighted by atomic mass is 10.1. The number of anilines is 2. The third kappa shape index (κ3) is 1.48. The number of fused-ring (bicyclic) bond motifs is 1. The molecular formula is C14H10N2O3. The van der Waals surface area contributed by atoms with E-state index in [4.69, 9.17) is 5.73 Å². The fraction of sp³-hybridized carbons (Fsp3) is 0. The van der Waals surface area contributed by atoms with Crippen LogP contribution in [0.1, 0.15) is 20.7 Å². The molecule has 1 aliphatic heterocycles. The van der Waals surface area contributed by atoms with E-state index in [1.54, 1.807) is 30.3 Å². The Labute approximate surface area is 108 Å². The number of amides is 2. The van der Waals surface area contributed by atoms with Gasteiger partial charge in [0.1, 0.15) is 5.75 Å². The number of aromatic hydroxyl groups is 1. The first-order valence-electron chi connectivity index (χ1n) is 5.66. The Bertz CT molecular complexity index is 710. The number of phenolic OH excluding ortho intramolecular Hbond substituents is 1. The summed E-state index contributed by atoms with van der Waals surface area (Å²) in [4.78, 5) is 25.5. The molecule has 1 aliphatic rings. The molecule has 0 bridgehead atoms. The van der Waals surface area contributed by atoms with E-state index in [1.807, 2.05) is 0 Å². The van der Waals surface area contributed by atoms with Crippen molar-refractivity contribution in [1.29, 1.82) is 0 Å². The van der Waals surface area contributed by atoms with Crippen LogP contribution < -0.4 is 10.6 Å². The van der Waals surface area contributed by atoms with Gasteiger partial charge < -0.3 is 10.8 Å². The predicted molar refractivity (Wildman–Crippen MR) is 70.1 cm³/mol. The lowest BCUT2D eigenvalue weighted by Crippen LogP contribution is -2.29. The molecule has 0 atom stereocenters. The van der Waals surface area contributed by atoms with E-state index >= 15 is 0 Å². The van der Waals surface area contributed by atoms with Gasteiger partial charge in [-0.15, -0.1) is 0 Å². The quantitative estimate of drug-likeness (QED) is 0.600. The maximum Gasteiger partial charge on any atom is 0.268 e. The molecule has 0 aromatic heterocycles. The molecule has 0 radical (unpaired) electrons. The van der Waals surface area contributed by atoms with E-state index in [-0.39, 0.29) is 28.3 Å². The SMILES string of the molecule is Nc1cccc2c1C(=O)N(c1ccccc1O)C2=O. The van der Waals surface area contributed by atoms with Gasteiger partial charge in [-0.1, -0.05) is 18.2 Å². The van der Waals surface area contributed by atoms with Crippen molar-refractivity contribution >= 4 is 23.2 Å². The molecule has 0 saturated carbocycles. The molecular weight excluding hydrogens is 244 g/mol. The fourth-order valence-corrected chi connectivity index (χ4v) is 2.18. The predicted octanol–water partition coefficient (Wildman–Crippen LogP) is 1.77. The monoisotopic (exact) mass is 254 g/mol. The first kappa shape index (κ1) is 11.3. The van der Waals surface area contributed by atoms with Crippen molar-refractivity contribution in [2.24, 2.45) is 0 Å². The maximum absolute atomic E-state index is 12.3. The Kier molecular flexibility index (Phi) is 2.28. The summed E-state index contributed by atoms with van der Waals surface area (Å²) in [6.07, 6.45) is 0. The van der Waals surface area contributed by atoms with Crippen LogP contribution in [0.5, 0.6) is 5.75 Å². The number of hydrogen-bond acceptors (Lipinski definition) is 4. The number of nitrogen functional groups attached to an aromatic ring is 1. The minimum atomic E-state index is -0.514. The van der Waals surface area contributed by atoms with E-state index in [2.05, 4.69) is 0 Å². The second-order valence-electron chi connectivity index (χ2n) is 4.20. The van der Waals surface area contributed by atoms with E-state index in [1.165, 1.54) is 12.1 Å². The van der Waals surface area contributed by atoms with Crippen molar-refractivity contribution in [3.8, 4) is 5.75 Å². The molecule has 3 N–H and O–H groups in total. The molecule has 0 unspecified atom stereocenters. The highest BCUT2D eigenvalue weighted by Crippen LogP contribution is 2.35. The molecule has 19 heavy (non-hydrogen) atoms. The number of nitrogens with zero attached hydrogens (tertiary/aromatic N) is 1. The molecule has 0 spiro atoms. The zero-order chi connectivity index (χ0) is 13.6. The van der Waals surface area contributed by atoms with Crippen LogP contribution in [0, 0.1) is 0 Å². The molecule has 1 heterocycles. The van der Waals surface area contributed by atoms with Crippen LogP contribution in [0.2, 0.25) is 0 Å². The number of rotatable bonds is 1. The topological polar surface area (TPSA) is 83.6 Å². The lowest BCUT2D eigenvalue weighted by molar-refractivity contribution is 0.0925. The Balaban J connectivity index is 2.19. The van der Waals surface area contributed by atoms with Crippen LogP contribution in [0.3, 0.4) is 0 Å². The van der Waals surface area contributed by atoms with Crippen molar-refractivity contribution < 1.29 is 14.7 Å². The fourth-order valence-electron chi connectivity index (χ4n) is 2.18. The summed E-state index contributed by atoms with van der Waals surface area (Å²) in [5.41, 5.74) is 6.61. The van der Waals surface area contributed by atoms with Crippen LogP contribution in [0.4, 0.5) is 11.4 Å². The normalized spacial score (nSPS) is 13.8. The summed E-state index contributed by atoms with van der Waals surface area (Å²) in [6, 6.07) is 10.9. The number of benzene rings is 2. The van der Waals surface area contributed by atoms with Crippen molar-refractivity contribution in [2.75, 3.05) is 10.6 Å².